The topological polar surface area (TPSA) is 46.5 Å². The average molecular weight is 518 g/mol. The van der Waals surface area contributed by atoms with Gasteiger partial charge in [-0.3, -0.25) is 9.59 Å². The van der Waals surface area contributed by atoms with E-state index in [-0.39, 0.29) is 5.91 Å². The van der Waals surface area contributed by atoms with Crippen LogP contribution in [0.5, 0.6) is 0 Å². The summed E-state index contributed by atoms with van der Waals surface area (Å²) in [4.78, 5) is 29.9. The number of hydrogen-bond acceptors (Lipinski definition) is 2. The molecule has 0 aliphatic heterocycles. The highest BCUT2D eigenvalue weighted by Gasteiger charge is 2.41. The largest absolute Gasteiger partial charge is 0.300 e. The molecule has 208 valence electrons. The van der Waals surface area contributed by atoms with Gasteiger partial charge in [0.2, 0.25) is 0 Å². The minimum absolute atomic E-state index is 0.0701. The fraction of sp³-hybridized carbons (Fsp3) is 0.686. The molecule has 2 fully saturated rings. The van der Waals surface area contributed by atoms with Crippen LogP contribution in [0, 0.1) is 36.0 Å². The van der Waals surface area contributed by atoms with Crippen LogP contribution in [0.2, 0.25) is 0 Å². The summed E-state index contributed by atoms with van der Waals surface area (Å²) in [5.41, 5.74) is 4.71. The molecule has 38 heavy (non-hydrogen) atoms. The lowest BCUT2D eigenvalue weighted by molar-refractivity contribution is -0.119. The quantitative estimate of drug-likeness (QED) is 0.259. The number of nitrogens with zero attached hydrogens (tertiary/aromatic N) is 1. The molecule has 0 saturated heterocycles. The lowest BCUT2D eigenvalue weighted by Crippen LogP contribution is -2.26. The minimum Gasteiger partial charge on any atom is -0.300 e. The Morgan fingerprint density at radius 1 is 1.03 bits per heavy atom. The second kappa shape index (κ2) is 12.9. The molecule has 3 aliphatic rings. The molecule has 0 heterocycles. The second-order valence-electron chi connectivity index (χ2n) is 13.9. The van der Waals surface area contributed by atoms with Crippen molar-refractivity contribution in [3.63, 3.8) is 0 Å². The van der Waals surface area contributed by atoms with Gasteiger partial charge in [0, 0.05) is 30.5 Å². The summed E-state index contributed by atoms with van der Waals surface area (Å²) >= 11 is 0. The SMILES string of the molecule is CCCC1C=C(C(=O)N=CCC2CC3CC[C@H](C2)C3CCCC(=O)CCCC(C)(C)C)c2cc(C)ccc21. The van der Waals surface area contributed by atoms with Crippen LogP contribution in [0.25, 0.3) is 5.57 Å². The van der Waals surface area contributed by atoms with E-state index in [1.54, 1.807) is 0 Å². The zero-order valence-electron chi connectivity index (χ0n) is 24.7. The van der Waals surface area contributed by atoms with E-state index in [0.717, 1.165) is 80.3 Å². The Labute approximate surface area is 232 Å². The van der Waals surface area contributed by atoms with Crippen LogP contribution < -0.4 is 0 Å². The molecule has 3 aliphatic carbocycles. The zero-order chi connectivity index (χ0) is 27.3. The van der Waals surface area contributed by atoms with Crippen LogP contribution in [0.15, 0.2) is 29.3 Å². The number of Topliss-reactive ketones (excluding diaryl/α,β-unsaturated/α-hetero) is 1. The van der Waals surface area contributed by atoms with Crippen LogP contribution in [-0.4, -0.2) is 17.9 Å². The zero-order valence-corrected chi connectivity index (χ0v) is 24.7. The summed E-state index contributed by atoms with van der Waals surface area (Å²) in [7, 11) is 0. The number of allylic oxidation sites excluding steroid dienone is 1. The third kappa shape index (κ3) is 7.54. The van der Waals surface area contributed by atoms with E-state index < -0.39 is 0 Å². The molecule has 0 aromatic heterocycles. The molecular formula is C35H51NO2. The third-order valence-electron chi connectivity index (χ3n) is 9.51. The van der Waals surface area contributed by atoms with Gasteiger partial charge >= 0.3 is 0 Å². The van der Waals surface area contributed by atoms with Gasteiger partial charge in [-0.15, -0.1) is 0 Å². The van der Waals surface area contributed by atoms with E-state index in [9.17, 15) is 9.59 Å². The summed E-state index contributed by atoms with van der Waals surface area (Å²) in [6.45, 7) is 11.1. The summed E-state index contributed by atoms with van der Waals surface area (Å²) in [6.07, 6.45) is 18.4. The van der Waals surface area contributed by atoms with Crippen LogP contribution in [-0.2, 0) is 9.59 Å². The number of hydrogen-bond donors (Lipinski definition) is 0. The van der Waals surface area contributed by atoms with E-state index in [1.165, 1.54) is 43.2 Å². The normalized spacial score (nSPS) is 26.6. The maximum Gasteiger partial charge on any atom is 0.276 e. The lowest BCUT2D eigenvalue weighted by atomic mass is 9.70. The molecule has 0 spiro atoms. The minimum atomic E-state index is -0.0701. The Balaban J connectivity index is 1.22. The Bertz CT molecular complexity index is 1030. The van der Waals surface area contributed by atoms with Gasteiger partial charge in [0.1, 0.15) is 5.78 Å². The Morgan fingerprint density at radius 3 is 2.42 bits per heavy atom. The summed E-state index contributed by atoms with van der Waals surface area (Å²) in [5.74, 6) is 3.81. The van der Waals surface area contributed by atoms with Crippen molar-refractivity contribution in [2.75, 3.05) is 0 Å². The van der Waals surface area contributed by atoms with Crippen molar-refractivity contribution >= 4 is 23.5 Å². The van der Waals surface area contributed by atoms with Crippen LogP contribution >= 0.6 is 0 Å². The third-order valence-corrected chi connectivity index (χ3v) is 9.51. The predicted octanol–water partition coefficient (Wildman–Crippen LogP) is 9.27. The number of aliphatic imine (C=N–C) groups is 1. The molecule has 1 amide bonds. The van der Waals surface area contributed by atoms with E-state index >= 15 is 0 Å². The molecule has 2 saturated carbocycles. The molecule has 3 heteroatoms. The van der Waals surface area contributed by atoms with Crippen molar-refractivity contribution in [2.45, 2.75) is 124 Å². The molecular weight excluding hydrogens is 466 g/mol. The molecule has 3 nitrogen and oxygen atoms in total. The fourth-order valence-electron chi connectivity index (χ4n) is 7.62. The van der Waals surface area contributed by atoms with Crippen LogP contribution in [0.1, 0.15) is 134 Å². The van der Waals surface area contributed by atoms with Crippen molar-refractivity contribution in [1.82, 2.24) is 0 Å². The molecule has 5 atom stereocenters. The van der Waals surface area contributed by atoms with Crippen molar-refractivity contribution in [3.05, 3.63) is 41.0 Å². The first kappa shape index (κ1) is 29.0. The molecule has 4 unspecified atom stereocenters. The van der Waals surface area contributed by atoms with E-state index in [1.807, 2.05) is 6.21 Å². The van der Waals surface area contributed by atoms with Gasteiger partial charge in [-0.25, -0.2) is 4.99 Å². The molecule has 1 aromatic rings. The van der Waals surface area contributed by atoms with Gasteiger partial charge in [0.25, 0.3) is 5.91 Å². The Morgan fingerprint density at radius 2 is 1.74 bits per heavy atom. The maximum atomic E-state index is 13.1. The Kier molecular flexibility index (Phi) is 9.82. The standard InChI is InChI=1S/C35H51NO2/c1-6-9-26-23-33(32-20-24(2)13-16-31(26)32)34(38)36-19-17-25-21-27-14-15-28(22-25)30(27)12-7-10-29(37)11-8-18-35(3,4)5/h13,16,19-20,23,25-28,30H,6-12,14-15,17-18,21-22H2,1-5H3/t25?,26?,27-,28?,30?/m1/s1. The van der Waals surface area contributed by atoms with Crippen LogP contribution in [0.3, 0.4) is 0 Å². The number of ketones is 1. The van der Waals surface area contributed by atoms with Crippen molar-refractivity contribution in [3.8, 4) is 0 Å². The fourth-order valence-corrected chi connectivity index (χ4v) is 7.62. The summed E-state index contributed by atoms with van der Waals surface area (Å²) < 4.78 is 0. The number of benzene rings is 1. The maximum absolute atomic E-state index is 13.1. The first-order valence-corrected chi connectivity index (χ1v) is 15.6. The van der Waals surface area contributed by atoms with E-state index in [0.29, 0.717) is 23.0 Å². The molecule has 4 rings (SSSR count). The van der Waals surface area contributed by atoms with Crippen molar-refractivity contribution in [1.29, 1.82) is 0 Å². The van der Waals surface area contributed by atoms with E-state index in [4.69, 9.17) is 0 Å². The van der Waals surface area contributed by atoms with Gasteiger partial charge in [0.15, 0.2) is 0 Å². The van der Waals surface area contributed by atoms with Gasteiger partial charge in [-0.2, -0.15) is 0 Å². The summed E-state index contributed by atoms with van der Waals surface area (Å²) in [6, 6.07) is 6.51. The van der Waals surface area contributed by atoms with E-state index in [2.05, 4.69) is 63.9 Å². The smallest absolute Gasteiger partial charge is 0.276 e. The molecule has 0 N–H and O–H groups in total. The number of aryl methyl sites for hydroxylation is 1. The van der Waals surface area contributed by atoms with Gasteiger partial charge in [-0.1, -0.05) is 64.0 Å². The molecule has 1 aromatic carbocycles. The average Bonchev–Trinajstić information content (AvgIpc) is 3.31. The number of rotatable bonds is 12. The first-order valence-electron chi connectivity index (χ1n) is 15.6. The lowest BCUT2D eigenvalue weighted by Gasteiger charge is -2.35. The highest BCUT2D eigenvalue weighted by molar-refractivity contribution is 6.23. The summed E-state index contributed by atoms with van der Waals surface area (Å²) in [5, 5.41) is 0. The predicted molar refractivity (Wildman–Crippen MR) is 160 cm³/mol. The second-order valence-corrected chi connectivity index (χ2v) is 13.9. The van der Waals surface area contributed by atoms with Crippen molar-refractivity contribution in [2.24, 2.45) is 34.1 Å². The van der Waals surface area contributed by atoms with Gasteiger partial charge < -0.3 is 0 Å². The van der Waals surface area contributed by atoms with Gasteiger partial charge in [-0.05, 0) is 111 Å². The Hall–Kier alpha value is -2.03. The van der Waals surface area contributed by atoms with Crippen molar-refractivity contribution < 1.29 is 9.59 Å². The molecule has 2 bridgehead atoms. The molecule has 0 radical (unpaired) electrons. The first-order chi connectivity index (χ1) is 18.1. The number of carbonyl (C=O) groups excluding carboxylic acids is 2. The number of fused-ring (bicyclic) bond motifs is 3. The highest BCUT2D eigenvalue weighted by atomic mass is 16.1. The number of amides is 1. The monoisotopic (exact) mass is 517 g/mol. The number of carbonyl (C=O) groups is 2. The highest BCUT2D eigenvalue weighted by Crippen LogP contribution is 2.51. The van der Waals surface area contributed by atoms with Crippen LogP contribution in [0.4, 0.5) is 0 Å². The van der Waals surface area contributed by atoms with Gasteiger partial charge in [0.05, 0.1) is 0 Å².